The van der Waals surface area contributed by atoms with Crippen LogP contribution in [-0.4, -0.2) is 27.5 Å². The van der Waals surface area contributed by atoms with Crippen LogP contribution in [0.15, 0.2) is 93.2 Å². The molecular formula is C29H19BrF3N3O4S2. The van der Waals surface area contributed by atoms with E-state index in [-0.39, 0.29) is 0 Å². The normalized spacial score (nSPS) is 19.9. The minimum absolute atomic E-state index is 0.342. The number of para-hydroxylation sites is 2. The molecule has 6 rings (SSSR count). The lowest BCUT2D eigenvalue weighted by molar-refractivity contribution is -0.137. The Morgan fingerprint density at radius 3 is 2.26 bits per heavy atom. The number of rotatable bonds is 5. The summed E-state index contributed by atoms with van der Waals surface area (Å²) in [5.74, 6) is -3.14. The summed E-state index contributed by atoms with van der Waals surface area (Å²) in [4.78, 5) is 54.9. The van der Waals surface area contributed by atoms with Crippen molar-refractivity contribution in [2.45, 2.75) is 28.9 Å². The van der Waals surface area contributed by atoms with Gasteiger partial charge in [-0.05, 0) is 42.0 Å². The summed E-state index contributed by atoms with van der Waals surface area (Å²) >= 11 is 5.30. The van der Waals surface area contributed by atoms with Gasteiger partial charge in [-0.1, -0.05) is 81.5 Å². The summed E-state index contributed by atoms with van der Waals surface area (Å²) in [5.41, 5.74) is -0.299. The Morgan fingerprint density at radius 1 is 0.905 bits per heavy atom. The average molecular weight is 675 g/mol. The minimum atomic E-state index is -4.69. The van der Waals surface area contributed by atoms with Gasteiger partial charge in [-0.3, -0.25) is 23.7 Å². The summed E-state index contributed by atoms with van der Waals surface area (Å²) in [7, 11) is 0. The largest absolute Gasteiger partial charge is 0.418 e. The van der Waals surface area contributed by atoms with Gasteiger partial charge < -0.3 is 5.32 Å². The molecule has 0 radical (unpaired) electrons. The van der Waals surface area contributed by atoms with E-state index in [2.05, 4.69) is 21.2 Å². The second-order valence-electron chi connectivity index (χ2n) is 9.66. The fourth-order valence-corrected chi connectivity index (χ4v) is 8.33. The number of amides is 3. The van der Waals surface area contributed by atoms with Crippen LogP contribution in [0.3, 0.4) is 0 Å². The fourth-order valence-electron chi connectivity index (χ4n) is 5.29. The van der Waals surface area contributed by atoms with Crippen molar-refractivity contribution in [1.82, 2.24) is 4.57 Å². The van der Waals surface area contributed by atoms with E-state index in [1.165, 1.54) is 16.7 Å². The Hall–Kier alpha value is -3.68. The smallest absolute Gasteiger partial charge is 0.324 e. The summed E-state index contributed by atoms with van der Waals surface area (Å²) < 4.78 is 42.4. The third kappa shape index (κ3) is 4.99. The van der Waals surface area contributed by atoms with Gasteiger partial charge in [0.15, 0.2) is 0 Å². The molecule has 1 saturated heterocycles. The standard InChI is InChI=1S/C29H19BrF3N3O4S2/c30-16-12-10-15(11-13-16)21-22-23(26(39)36(25(22)38)17-6-2-1-3-7-17)41-27-24(21)42-28(40)35(27)14-20(37)34-19-9-5-4-8-18(19)29(31,32)33/h1-13,21-23H,14H2,(H,34,37). The number of carbonyl (C=O) groups excluding carboxylic acids is 3. The second kappa shape index (κ2) is 10.9. The van der Waals surface area contributed by atoms with Crippen molar-refractivity contribution in [3.05, 3.63) is 109 Å². The molecule has 2 aliphatic heterocycles. The lowest BCUT2D eigenvalue weighted by atomic mass is 9.83. The van der Waals surface area contributed by atoms with E-state index in [0.29, 0.717) is 21.2 Å². The number of halogens is 4. The number of thiazole rings is 1. The Bertz CT molecular complexity index is 1770. The number of fused-ring (bicyclic) bond motifs is 2. The third-order valence-electron chi connectivity index (χ3n) is 7.10. The molecule has 0 aliphatic carbocycles. The highest BCUT2D eigenvalue weighted by Crippen LogP contribution is 2.54. The van der Waals surface area contributed by atoms with Gasteiger partial charge in [-0.2, -0.15) is 13.2 Å². The van der Waals surface area contributed by atoms with Crippen LogP contribution in [0.25, 0.3) is 0 Å². The summed E-state index contributed by atoms with van der Waals surface area (Å²) in [6, 6.07) is 20.3. The maximum Gasteiger partial charge on any atom is 0.418 e. The SMILES string of the molecule is O=C(Cn1c2c(sc1=O)C(c1ccc(Br)cc1)C1C(=O)N(c3ccccc3)C(=O)C1S2)Nc1ccccc1C(F)(F)F. The number of nitrogens with zero attached hydrogens (tertiary/aromatic N) is 2. The predicted octanol–water partition coefficient (Wildman–Crippen LogP) is 6.13. The molecule has 1 fully saturated rings. The molecule has 0 saturated carbocycles. The van der Waals surface area contributed by atoms with Crippen LogP contribution in [0.5, 0.6) is 0 Å². The molecule has 0 bridgehead atoms. The number of imide groups is 1. The Balaban J connectivity index is 1.40. The van der Waals surface area contributed by atoms with E-state index in [1.807, 2.05) is 12.1 Å². The lowest BCUT2D eigenvalue weighted by Gasteiger charge is -2.30. The molecular weight excluding hydrogens is 655 g/mol. The van der Waals surface area contributed by atoms with Crippen LogP contribution in [-0.2, 0) is 27.1 Å². The van der Waals surface area contributed by atoms with Gasteiger partial charge in [0.25, 0.3) is 0 Å². The minimum Gasteiger partial charge on any atom is -0.324 e. The predicted molar refractivity (Wildman–Crippen MR) is 157 cm³/mol. The van der Waals surface area contributed by atoms with Gasteiger partial charge >= 0.3 is 11.0 Å². The van der Waals surface area contributed by atoms with Crippen molar-refractivity contribution in [3.63, 3.8) is 0 Å². The number of hydrogen-bond donors (Lipinski definition) is 1. The molecule has 3 heterocycles. The number of aromatic nitrogens is 1. The molecule has 1 aromatic heterocycles. The first-order valence-electron chi connectivity index (χ1n) is 12.6. The monoisotopic (exact) mass is 673 g/mol. The van der Waals surface area contributed by atoms with Gasteiger partial charge in [0, 0.05) is 15.3 Å². The van der Waals surface area contributed by atoms with Crippen molar-refractivity contribution in [2.75, 3.05) is 10.2 Å². The molecule has 3 atom stereocenters. The van der Waals surface area contributed by atoms with Crippen LogP contribution in [0.1, 0.15) is 21.9 Å². The van der Waals surface area contributed by atoms with Crippen molar-refractivity contribution in [3.8, 4) is 0 Å². The summed E-state index contributed by atoms with van der Waals surface area (Å²) in [6.45, 7) is -0.571. The quantitative estimate of drug-likeness (QED) is 0.258. The van der Waals surface area contributed by atoms with E-state index in [4.69, 9.17) is 0 Å². The molecule has 13 heteroatoms. The highest BCUT2D eigenvalue weighted by Gasteiger charge is 2.56. The van der Waals surface area contributed by atoms with E-state index >= 15 is 0 Å². The van der Waals surface area contributed by atoms with Crippen LogP contribution < -0.4 is 15.1 Å². The van der Waals surface area contributed by atoms with Gasteiger partial charge in [0.1, 0.15) is 11.8 Å². The highest BCUT2D eigenvalue weighted by molar-refractivity contribution is 9.10. The van der Waals surface area contributed by atoms with Crippen molar-refractivity contribution in [1.29, 1.82) is 0 Å². The molecule has 2 aliphatic rings. The van der Waals surface area contributed by atoms with Crippen molar-refractivity contribution < 1.29 is 27.6 Å². The number of carbonyl (C=O) groups is 3. The maximum absolute atomic E-state index is 13.8. The number of thioether (sulfide) groups is 1. The Morgan fingerprint density at radius 2 is 1.57 bits per heavy atom. The molecule has 214 valence electrons. The fraction of sp³-hybridized carbons (Fsp3) is 0.172. The molecule has 4 aromatic rings. The van der Waals surface area contributed by atoms with E-state index in [0.717, 1.165) is 44.6 Å². The van der Waals surface area contributed by atoms with Gasteiger partial charge in [0.2, 0.25) is 17.7 Å². The number of anilines is 2. The molecule has 7 nitrogen and oxygen atoms in total. The van der Waals surface area contributed by atoms with E-state index < -0.39 is 63.7 Å². The second-order valence-corrected chi connectivity index (χ2v) is 12.7. The van der Waals surface area contributed by atoms with Gasteiger partial charge in [-0.15, -0.1) is 0 Å². The number of hydrogen-bond acceptors (Lipinski definition) is 6. The maximum atomic E-state index is 13.8. The Labute approximate surface area is 253 Å². The topological polar surface area (TPSA) is 88.5 Å². The van der Waals surface area contributed by atoms with Crippen LogP contribution in [0.4, 0.5) is 24.5 Å². The molecule has 3 aromatic carbocycles. The number of alkyl halides is 3. The molecule has 3 unspecified atom stereocenters. The zero-order chi connectivity index (χ0) is 29.8. The number of nitrogens with one attached hydrogen (secondary N) is 1. The van der Waals surface area contributed by atoms with Gasteiger partial charge in [0.05, 0.1) is 27.9 Å². The first-order valence-corrected chi connectivity index (χ1v) is 15.1. The van der Waals surface area contributed by atoms with Crippen molar-refractivity contribution in [2.24, 2.45) is 5.92 Å². The first kappa shape index (κ1) is 28.4. The third-order valence-corrected chi connectivity index (χ3v) is 10.2. The van der Waals surface area contributed by atoms with E-state index in [1.54, 1.807) is 42.5 Å². The molecule has 3 amide bonds. The Kier molecular flexibility index (Phi) is 7.36. The lowest BCUT2D eigenvalue weighted by Crippen LogP contribution is -2.33. The zero-order valence-electron chi connectivity index (χ0n) is 21.3. The van der Waals surface area contributed by atoms with Crippen LogP contribution >= 0.6 is 39.0 Å². The zero-order valence-corrected chi connectivity index (χ0v) is 24.5. The molecule has 42 heavy (non-hydrogen) atoms. The molecule has 0 spiro atoms. The average Bonchev–Trinajstić information content (AvgIpc) is 3.40. The first-order chi connectivity index (χ1) is 20.0. The van der Waals surface area contributed by atoms with E-state index in [9.17, 15) is 32.3 Å². The van der Waals surface area contributed by atoms with Crippen LogP contribution in [0, 0.1) is 5.92 Å². The number of benzene rings is 3. The van der Waals surface area contributed by atoms with Crippen LogP contribution in [0.2, 0.25) is 0 Å². The summed E-state index contributed by atoms with van der Waals surface area (Å²) in [5, 5.41) is 1.73. The molecule has 1 N–H and O–H groups in total. The highest BCUT2D eigenvalue weighted by atomic mass is 79.9. The van der Waals surface area contributed by atoms with Gasteiger partial charge in [-0.25, -0.2) is 4.90 Å². The summed E-state index contributed by atoms with van der Waals surface area (Å²) in [6.07, 6.45) is -4.69. The van der Waals surface area contributed by atoms with Crippen molar-refractivity contribution >= 4 is 68.1 Å².